The van der Waals surface area contributed by atoms with Gasteiger partial charge in [-0.3, -0.25) is 4.79 Å². The Morgan fingerprint density at radius 2 is 2.05 bits per heavy atom. The molecule has 4 saturated carbocycles. The Bertz CT molecular complexity index is 527. The number of carbonyl (C=O) groups is 1. The van der Waals surface area contributed by atoms with Crippen LogP contribution < -0.4 is 5.32 Å². The molecule has 4 aliphatic carbocycles. The van der Waals surface area contributed by atoms with Crippen LogP contribution in [0.5, 0.6) is 0 Å². The molecule has 1 N–H and O–H groups in total. The molecule has 5 rings (SSSR count). The first kappa shape index (κ1) is 13.3. The van der Waals surface area contributed by atoms with Crippen molar-refractivity contribution in [2.45, 2.75) is 45.4 Å². The number of nitrogens with one attached hydrogen (secondary N) is 1. The molecule has 3 nitrogen and oxygen atoms in total. The van der Waals surface area contributed by atoms with Crippen LogP contribution in [0.25, 0.3) is 0 Å². The van der Waals surface area contributed by atoms with Crippen molar-refractivity contribution < 1.29 is 4.79 Å². The van der Waals surface area contributed by atoms with Crippen LogP contribution in [0, 0.1) is 29.1 Å². The van der Waals surface area contributed by atoms with Gasteiger partial charge < -0.3 is 5.32 Å². The van der Waals surface area contributed by atoms with Gasteiger partial charge in [0.25, 0.3) is 0 Å². The minimum absolute atomic E-state index is 0.110. The highest BCUT2D eigenvalue weighted by atomic mass is 16.2. The first-order chi connectivity index (χ1) is 10.2. The third-order valence-corrected chi connectivity index (χ3v) is 6.32. The Labute approximate surface area is 126 Å². The molecule has 0 saturated heterocycles. The number of pyridine rings is 1. The molecule has 3 heteroatoms. The van der Waals surface area contributed by atoms with E-state index in [0.29, 0.717) is 11.7 Å². The number of rotatable bonds is 3. The van der Waals surface area contributed by atoms with Gasteiger partial charge in [0.2, 0.25) is 5.91 Å². The van der Waals surface area contributed by atoms with Crippen LogP contribution in [0.1, 0.15) is 45.4 Å². The van der Waals surface area contributed by atoms with Crippen molar-refractivity contribution in [1.29, 1.82) is 0 Å². The molecule has 1 amide bonds. The zero-order chi connectivity index (χ0) is 14.4. The second kappa shape index (κ2) is 4.82. The molecule has 4 aliphatic rings. The maximum atomic E-state index is 13.1. The molecule has 1 heterocycles. The monoisotopic (exact) mass is 284 g/mol. The minimum atomic E-state index is -0.110. The molecule has 0 spiro atoms. The van der Waals surface area contributed by atoms with Crippen LogP contribution in [-0.4, -0.2) is 10.9 Å². The predicted octanol–water partition coefficient (Wildman–Crippen LogP) is 3.87. The van der Waals surface area contributed by atoms with Gasteiger partial charge in [-0.1, -0.05) is 19.4 Å². The van der Waals surface area contributed by atoms with E-state index in [9.17, 15) is 4.79 Å². The summed E-state index contributed by atoms with van der Waals surface area (Å²) in [5.41, 5.74) is -0.110. The topological polar surface area (TPSA) is 42.0 Å². The number of amides is 1. The molecule has 1 aromatic heterocycles. The molecule has 4 bridgehead atoms. The van der Waals surface area contributed by atoms with Crippen LogP contribution in [-0.2, 0) is 4.79 Å². The zero-order valence-electron chi connectivity index (χ0n) is 12.7. The van der Waals surface area contributed by atoms with Gasteiger partial charge >= 0.3 is 0 Å². The Balaban J connectivity index is 1.63. The zero-order valence-corrected chi connectivity index (χ0v) is 12.7. The Hall–Kier alpha value is -1.38. The van der Waals surface area contributed by atoms with Gasteiger partial charge in [0.15, 0.2) is 0 Å². The average Bonchev–Trinajstić information content (AvgIpc) is 2.47. The van der Waals surface area contributed by atoms with Gasteiger partial charge in [0.05, 0.1) is 5.41 Å². The van der Waals surface area contributed by atoms with E-state index in [1.54, 1.807) is 6.20 Å². The second-order valence-corrected chi connectivity index (χ2v) is 7.45. The van der Waals surface area contributed by atoms with E-state index in [1.807, 2.05) is 18.2 Å². The highest BCUT2D eigenvalue weighted by molar-refractivity contribution is 5.95. The van der Waals surface area contributed by atoms with Gasteiger partial charge in [0, 0.05) is 6.20 Å². The maximum Gasteiger partial charge on any atom is 0.232 e. The van der Waals surface area contributed by atoms with Gasteiger partial charge in [0.1, 0.15) is 5.82 Å². The first-order valence-electron chi connectivity index (χ1n) is 8.44. The smallest absolute Gasteiger partial charge is 0.232 e. The van der Waals surface area contributed by atoms with Crippen molar-refractivity contribution in [3.63, 3.8) is 0 Å². The Kier molecular flexibility index (Phi) is 3.05. The quantitative estimate of drug-likeness (QED) is 0.915. The largest absolute Gasteiger partial charge is 0.310 e. The summed E-state index contributed by atoms with van der Waals surface area (Å²) < 4.78 is 0. The summed E-state index contributed by atoms with van der Waals surface area (Å²) >= 11 is 0. The maximum absolute atomic E-state index is 13.1. The highest BCUT2D eigenvalue weighted by Gasteiger charge is 2.59. The summed E-state index contributed by atoms with van der Waals surface area (Å²) in [4.78, 5) is 17.3. The molecule has 3 unspecified atom stereocenters. The Morgan fingerprint density at radius 1 is 1.29 bits per heavy atom. The van der Waals surface area contributed by atoms with Gasteiger partial charge in [-0.25, -0.2) is 4.98 Å². The van der Waals surface area contributed by atoms with E-state index in [2.05, 4.69) is 17.2 Å². The standard InChI is InChI=1S/C18H24N2O/c1-2-15-14-8-12-7-13(9-14)11-18(15,10-12)17(21)20-16-5-3-4-6-19-16/h3-6,12-15H,2,7-11H2,1H3,(H,19,20,21). The summed E-state index contributed by atoms with van der Waals surface area (Å²) in [6, 6.07) is 5.70. The lowest BCUT2D eigenvalue weighted by Crippen LogP contribution is -2.57. The lowest BCUT2D eigenvalue weighted by Gasteiger charge is -2.60. The van der Waals surface area contributed by atoms with Crippen molar-refractivity contribution in [2.24, 2.45) is 29.1 Å². The van der Waals surface area contributed by atoms with Crippen molar-refractivity contribution >= 4 is 11.7 Å². The number of aromatic nitrogens is 1. The fourth-order valence-electron chi connectivity index (χ4n) is 5.90. The molecule has 1 aromatic rings. The molecule has 21 heavy (non-hydrogen) atoms. The predicted molar refractivity (Wildman–Crippen MR) is 82.6 cm³/mol. The summed E-state index contributed by atoms with van der Waals surface area (Å²) in [6.07, 6.45) is 9.20. The van der Waals surface area contributed by atoms with Crippen molar-refractivity contribution in [2.75, 3.05) is 5.32 Å². The van der Waals surface area contributed by atoms with E-state index in [0.717, 1.165) is 37.0 Å². The van der Waals surface area contributed by atoms with Crippen LogP contribution in [0.2, 0.25) is 0 Å². The number of hydrogen-bond donors (Lipinski definition) is 1. The summed E-state index contributed by atoms with van der Waals surface area (Å²) in [6.45, 7) is 2.27. The van der Waals surface area contributed by atoms with Crippen molar-refractivity contribution in [3.05, 3.63) is 24.4 Å². The average molecular weight is 284 g/mol. The molecule has 0 aliphatic heterocycles. The van der Waals surface area contributed by atoms with E-state index in [4.69, 9.17) is 0 Å². The van der Waals surface area contributed by atoms with Gasteiger partial charge in [-0.15, -0.1) is 0 Å². The molecular weight excluding hydrogens is 260 g/mol. The van der Waals surface area contributed by atoms with Crippen LogP contribution >= 0.6 is 0 Å². The number of hydrogen-bond acceptors (Lipinski definition) is 2. The third kappa shape index (κ3) is 2.01. The molecule has 0 aromatic carbocycles. The van der Waals surface area contributed by atoms with E-state index in [-0.39, 0.29) is 11.3 Å². The molecule has 0 radical (unpaired) electrons. The summed E-state index contributed by atoms with van der Waals surface area (Å²) in [7, 11) is 0. The van der Waals surface area contributed by atoms with Crippen molar-refractivity contribution in [3.8, 4) is 0 Å². The lowest BCUT2D eigenvalue weighted by molar-refractivity contribution is -0.154. The minimum Gasteiger partial charge on any atom is -0.310 e. The molecular formula is C18H24N2O. The lowest BCUT2D eigenvalue weighted by atomic mass is 9.44. The SMILES string of the molecule is CCC1C2CC3CC(C2)CC1(C(=O)Nc1ccccn1)C3. The summed E-state index contributed by atoms with van der Waals surface area (Å²) in [5.74, 6) is 3.89. The number of carbonyl (C=O) groups excluding carboxylic acids is 1. The number of nitrogens with zero attached hydrogens (tertiary/aromatic N) is 1. The number of anilines is 1. The van der Waals surface area contributed by atoms with Crippen LogP contribution in [0.4, 0.5) is 5.82 Å². The van der Waals surface area contributed by atoms with Crippen molar-refractivity contribution in [1.82, 2.24) is 4.98 Å². The van der Waals surface area contributed by atoms with Gasteiger partial charge in [-0.05, 0) is 67.9 Å². The molecule has 3 atom stereocenters. The normalized spacial score (nSPS) is 40.2. The van der Waals surface area contributed by atoms with Crippen LogP contribution in [0.3, 0.4) is 0 Å². The fourth-order valence-corrected chi connectivity index (χ4v) is 5.90. The Morgan fingerprint density at radius 3 is 2.67 bits per heavy atom. The van der Waals surface area contributed by atoms with Gasteiger partial charge in [-0.2, -0.15) is 0 Å². The van der Waals surface area contributed by atoms with E-state index >= 15 is 0 Å². The fraction of sp³-hybridized carbons (Fsp3) is 0.667. The highest BCUT2D eigenvalue weighted by Crippen LogP contribution is 2.63. The van der Waals surface area contributed by atoms with Crippen LogP contribution in [0.15, 0.2) is 24.4 Å². The summed E-state index contributed by atoms with van der Waals surface area (Å²) in [5, 5.41) is 3.11. The molecule has 112 valence electrons. The molecule has 4 fully saturated rings. The van der Waals surface area contributed by atoms with E-state index < -0.39 is 0 Å². The third-order valence-electron chi connectivity index (χ3n) is 6.32. The first-order valence-corrected chi connectivity index (χ1v) is 8.44. The van der Waals surface area contributed by atoms with E-state index in [1.165, 1.54) is 19.3 Å². The second-order valence-electron chi connectivity index (χ2n) is 7.45.